The van der Waals surface area contributed by atoms with Gasteiger partial charge in [-0.3, -0.25) is 4.79 Å². The lowest BCUT2D eigenvalue weighted by molar-refractivity contribution is -0.142. The number of alkyl halides is 3. The van der Waals surface area contributed by atoms with E-state index < -0.39 is 22.7 Å². The van der Waals surface area contributed by atoms with Gasteiger partial charge in [0.1, 0.15) is 6.42 Å². The molecule has 19 heavy (non-hydrogen) atoms. The predicted octanol–water partition coefficient (Wildman–Crippen LogP) is 3.66. The Morgan fingerprint density at radius 3 is 2.63 bits per heavy atom. The number of rotatable bonds is 2. The fraction of sp³-hybridized carbons (Fsp3) is 0.308. The minimum atomic E-state index is -4.49. The topological polar surface area (TPSA) is 26.3 Å². The second-order valence-corrected chi connectivity index (χ2v) is 3.88. The van der Waals surface area contributed by atoms with Crippen LogP contribution in [0.15, 0.2) is 18.2 Å². The summed E-state index contributed by atoms with van der Waals surface area (Å²) in [6, 6.07) is 3.17. The molecule has 102 valence electrons. The molecule has 0 spiro atoms. The van der Waals surface area contributed by atoms with Crippen LogP contribution in [0.4, 0.5) is 13.2 Å². The number of hydrogen-bond donors (Lipinski definition) is 0. The van der Waals surface area contributed by atoms with E-state index in [1.54, 1.807) is 6.92 Å². The van der Waals surface area contributed by atoms with Gasteiger partial charge in [-0.05, 0) is 25.1 Å². The summed E-state index contributed by atoms with van der Waals surface area (Å²) in [5, 5.41) is -0.421. The molecule has 0 aliphatic heterocycles. The summed E-state index contributed by atoms with van der Waals surface area (Å²) in [5.74, 6) is 4.58. The van der Waals surface area contributed by atoms with Gasteiger partial charge in [0.05, 0.1) is 17.2 Å². The van der Waals surface area contributed by atoms with Crippen molar-refractivity contribution in [2.45, 2.75) is 19.5 Å². The maximum absolute atomic E-state index is 12.4. The zero-order chi connectivity index (χ0) is 14.5. The van der Waals surface area contributed by atoms with E-state index in [-0.39, 0.29) is 13.0 Å². The van der Waals surface area contributed by atoms with Gasteiger partial charge in [0.15, 0.2) is 0 Å². The van der Waals surface area contributed by atoms with Gasteiger partial charge in [0.25, 0.3) is 0 Å². The first kappa shape index (κ1) is 15.4. The van der Waals surface area contributed by atoms with E-state index in [9.17, 15) is 18.0 Å². The second kappa shape index (κ2) is 6.48. The van der Waals surface area contributed by atoms with Crippen molar-refractivity contribution in [3.8, 4) is 11.8 Å². The molecular formula is C13H10ClF3O2. The van der Waals surface area contributed by atoms with Gasteiger partial charge < -0.3 is 4.74 Å². The Balaban J connectivity index is 2.80. The highest BCUT2D eigenvalue weighted by atomic mass is 35.5. The molecule has 0 aliphatic rings. The number of esters is 1. The van der Waals surface area contributed by atoms with Gasteiger partial charge in [-0.1, -0.05) is 23.4 Å². The summed E-state index contributed by atoms with van der Waals surface area (Å²) in [5.41, 5.74) is -0.604. The van der Waals surface area contributed by atoms with Gasteiger partial charge in [0, 0.05) is 5.56 Å². The lowest BCUT2D eigenvalue weighted by atomic mass is 10.1. The van der Waals surface area contributed by atoms with Gasteiger partial charge in [-0.25, -0.2) is 0 Å². The summed E-state index contributed by atoms with van der Waals surface area (Å²) in [6.07, 6.45) is -4.61. The molecule has 0 N–H and O–H groups in total. The van der Waals surface area contributed by atoms with Gasteiger partial charge >= 0.3 is 12.1 Å². The number of carbonyl (C=O) groups excluding carboxylic acids is 1. The molecule has 0 atom stereocenters. The Morgan fingerprint density at radius 2 is 2.11 bits per heavy atom. The van der Waals surface area contributed by atoms with E-state index in [0.29, 0.717) is 5.56 Å². The first-order valence-electron chi connectivity index (χ1n) is 5.36. The van der Waals surface area contributed by atoms with Crippen LogP contribution in [0.1, 0.15) is 24.5 Å². The predicted molar refractivity (Wildman–Crippen MR) is 64.6 cm³/mol. The molecule has 0 amide bonds. The standard InChI is InChI=1S/C13H10ClF3O2/c1-2-19-12(18)5-3-4-9-6-7-10(11(14)8-9)13(15,16)17/h6-8H,2,5H2,1H3. The Bertz CT molecular complexity index is 527. The molecule has 2 nitrogen and oxygen atoms in total. The lowest BCUT2D eigenvalue weighted by Gasteiger charge is -2.08. The first-order chi connectivity index (χ1) is 8.84. The number of ether oxygens (including phenoxy) is 1. The smallest absolute Gasteiger partial charge is 0.417 e. The van der Waals surface area contributed by atoms with Crippen molar-refractivity contribution in [3.05, 3.63) is 34.3 Å². The molecule has 1 aromatic carbocycles. The van der Waals surface area contributed by atoms with Crippen molar-refractivity contribution < 1.29 is 22.7 Å². The van der Waals surface area contributed by atoms with Crippen molar-refractivity contribution in [1.82, 2.24) is 0 Å². The van der Waals surface area contributed by atoms with E-state index in [4.69, 9.17) is 11.6 Å². The highest BCUT2D eigenvalue weighted by Crippen LogP contribution is 2.34. The van der Waals surface area contributed by atoms with Crippen molar-refractivity contribution in [1.29, 1.82) is 0 Å². The zero-order valence-corrected chi connectivity index (χ0v) is 10.7. The van der Waals surface area contributed by atoms with Crippen LogP contribution in [-0.2, 0) is 15.7 Å². The Kier molecular flexibility index (Phi) is 5.25. The quantitative estimate of drug-likeness (QED) is 0.614. The molecule has 1 rings (SSSR count). The molecule has 0 bridgehead atoms. The molecule has 0 unspecified atom stereocenters. The summed E-state index contributed by atoms with van der Waals surface area (Å²) in [4.78, 5) is 11.0. The minimum absolute atomic E-state index is 0.119. The average molecular weight is 291 g/mol. The van der Waals surface area contributed by atoms with Crippen LogP contribution in [-0.4, -0.2) is 12.6 Å². The molecule has 6 heteroatoms. The van der Waals surface area contributed by atoms with Gasteiger partial charge in [-0.15, -0.1) is 0 Å². The molecule has 1 aromatic rings. The van der Waals surface area contributed by atoms with Gasteiger partial charge in [0.2, 0.25) is 0 Å². The van der Waals surface area contributed by atoms with Crippen LogP contribution < -0.4 is 0 Å². The van der Waals surface area contributed by atoms with Gasteiger partial charge in [-0.2, -0.15) is 13.2 Å². The van der Waals surface area contributed by atoms with Crippen LogP contribution in [0.3, 0.4) is 0 Å². The van der Waals surface area contributed by atoms with Crippen molar-refractivity contribution in [2.24, 2.45) is 0 Å². The molecule has 0 radical (unpaired) electrons. The largest absolute Gasteiger partial charge is 0.465 e. The first-order valence-corrected chi connectivity index (χ1v) is 5.73. The van der Waals surface area contributed by atoms with E-state index in [2.05, 4.69) is 16.6 Å². The van der Waals surface area contributed by atoms with Crippen molar-refractivity contribution in [2.75, 3.05) is 6.61 Å². The van der Waals surface area contributed by atoms with Crippen LogP contribution in [0.2, 0.25) is 5.02 Å². The molecule has 0 fully saturated rings. The summed E-state index contributed by atoms with van der Waals surface area (Å²) in [7, 11) is 0. The number of hydrogen-bond acceptors (Lipinski definition) is 2. The highest BCUT2D eigenvalue weighted by molar-refractivity contribution is 6.31. The van der Waals surface area contributed by atoms with E-state index in [1.165, 1.54) is 6.07 Å². The average Bonchev–Trinajstić information content (AvgIpc) is 2.27. The van der Waals surface area contributed by atoms with Crippen LogP contribution in [0.5, 0.6) is 0 Å². The second-order valence-electron chi connectivity index (χ2n) is 3.48. The number of halogens is 4. The summed E-state index contributed by atoms with van der Waals surface area (Å²) < 4.78 is 42.0. The number of carbonyl (C=O) groups is 1. The maximum Gasteiger partial charge on any atom is 0.417 e. The fourth-order valence-corrected chi connectivity index (χ4v) is 1.54. The van der Waals surface area contributed by atoms with E-state index in [0.717, 1.165) is 12.1 Å². The molecule has 0 saturated carbocycles. The zero-order valence-electron chi connectivity index (χ0n) is 9.97. The third kappa shape index (κ3) is 4.84. The Hall–Kier alpha value is -1.67. The molecule has 0 aromatic heterocycles. The third-order valence-electron chi connectivity index (χ3n) is 2.05. The monoisotopic (exact) mass is 290 g/mol. The third-order valence-corrected chi connectivity index (χ3v) is 2.36. The molecule has 0 aliphatic carbocycles. The molecule has 0 saturated heterocycles. The maximum atomic E-state index is 12.4. The van der Waals surface area contributed by atoms with Crippen LogP contribution >= 0.6 is 11.6 Å². The molecule has 0 heterocycles. The minimum Gasteiger partial charge on any atom is -0.465 e. The lowest BCUT2D eigenvalue weighted by Crippen LogP contribution is -2.05. The Morgan fingerprint density at radius 1 is 1.42 bits per heavy atom. The van der Waals surface area contributed by atoms with Crippen molar-refractivity contribution >= 4 is 17.6 Å². The SMILES string of the molecule is CCOC(=O)CC#Cc1ccc(C(F)(F)F)c(Cl)c1. The van der Waals surface area contributed by atoms with Crippen LogP contribution in [0, 0.1) is 11.8 Å². The normalized spacial score (nSPS) is 10.6. The van der Waals surface area contributed by atoms with Crippen LogP contribution in [0.25, 0.3) is 0 Å². The summed E-state index contributed by atoms with van der Waals surface area (Å²) >= 11 is 5.53. The number of benzene rings is 1. The van der Waals surface area contributed by atoms with E-state index in [1.807, 2.05) is 0 Å². The van der Waals surface area contributed by atoms with E-state index >= 15 is 0 Å². The van der Waals surface area contributed by atoms with Crippen molar-refractivity contribution in [3.63, 3.8) is 0 Å². The fourth-order valence-electron chi connectivity index (χ4n) is 1.25. The molecular weight excluding hydrogens is 281 g/mol. The summed E-state index contributed by atoms with van der Waals surface area (Å²) in [6.45, 7) is 1.92. The highest BCUT2D eigenvalue weighted by Gasteiger charge is 2.32. The Labute approximate surface area is 113 Å².